The van der Waals surface area contributed by atoms with Gasteiger partial charge in [0.2, 0.25) is 0 Å². The van der Waals surface area contributed by atoms with Crippen molar-refractivity contribution in [3.63, 3.8) is 0 Å². The quantitative estimate of drug-likeness (QED) is 0.612. The maximum Gasteiger partial charge on any atom is 0.435 e. The van der Waals surface area contributed by atoms with Crippen LogP contribution in [0, 0.1) is 0 Å². The van der Waals surface area contributed by atoms with Crippen molar-refractivity contribution >= 4 is 28.9 Å². The minimum atomic E-state index is -0.770. The number of amidine groups is 1. The van der Waals surface area contributed by atoms with E-state index in [0.29, 0.717) is 6.61 Å². The van der Waals surface area contributed by atoms with E-state index in [-0.39, 0.29) is 17.7 Å². The van der Waals surface area contributed by atoms with Crippen molar-refractivity contribution in [2.45, 2.75) is 13.8 Å². The summed E-state index contributed by atoms with van der Waals surface area (Å²) in [6, 6.07) is 0. The highest BCUT2D eigenvalue weighted by Crippen LogP contribution is 2.04. The first kappa shape index (κ1) is 15.7. The fourth-order valence-electron chi connectivity index (χ4n) is 0.695. The zero-order valence-electron chi connectivity index (χ0n) is 10.1. The van der Waals surface area contributed by atoms with E-state index in [1.807, 2.05) is 6.92 Å². The lowest BCUT2D eigenvalue weighted by atomic mass is 10.6. The zero-order chi connectivity index (χ0) is 13.1. The van der Waals surface area contributed by atoms with Crippen LogP contribution < -0.4 is 5.32 Å². The van der Waals surface area contributed by atoms with Crippen LogP contribution in [-0.2, 0) is 14.3 Å². The Labute approximate surface area is 104 Å². The standard InChI is InChI=1S/C10H16N2O4S/c1-4-6-17-9(12-10(14)15-3)11-8(13)7-16-5-2/h4,6H,5,7H2,1-3H3,(H,11,12,13,14). The molecule has 0 unspecified atom stereocenters. The van der Waals surface area contributed by atoms with E-state index in [4.69, 9.17) is 4.74 Å². The molecule has 0 radical (unpaired) electrons. The minimum Gasteiger partial charge on any atom is -0.451 e. The molecule has 0 heterocycles. The van der Waals surface area contributed by atoms with Crippen LogP contribution in [0.2, 0.25) is 0 Å². The summed E-state index contributed by atoms with van der Waals surface area (Å²) in [6.07, 6.45) is 0.986. The van der Waals surface area contributed by atoms with Crippen LogP contribution in [0.15, 0.2) is 16.5 Å². The molecule has 0 aromatic heterocycles. The van der Waals surface area contributed by atoms with Crippen molar-refractivity contribution in [3.8, 4) is 0 Å². The second-order valence-electron chi connectivity index (χ2n) is 2.66. The Morgan fingerprint density at radius 2 is 2.18 bits per heavy atom. The second kappa shape index (κ2) is 9.86. The van der Waals surface area contributed by atoms with Gasteiger partial charge in [0.1, 0.15) is 6.61 Å². The zero-order valence-corrected chi connectivity index (χ0v) is 10.9. The van der Waals surface area contributed by atoms with Crippen LogP contribution in [0.4, 0.5) is 4.79 Å². The highest BCUT2D eigenvalue weighted by Gasteiger charge is 2.08. The van der Waals surface area contributed by atoms with Gasteiger partial charge in [-0.25, -0.2) is 4.79 Å². The van der Waals surface area contributed by atoms with E-state index in [9.17, 15) is 9.59 Å². The van der Waals surface area contributed by atoms with Crippen LogP contribution in [0.1, 0.15) is 13.8 Å². The van der Waals surface area contributed by atoms with Gasteiger partial charge in [-0.15, -0.1) is 0 Å². The van der Waals surface area contributed by atoms with E-state index in [2.05, 4.69) is 15.0 Å². The van der Waals surface area contributed by atoms with E-state index in [1.54, 1.807) is 18.4 Å². The van der Waals surface area contributed by atoms with Crippen molar-refractivity contribution in [1.82, 2.24) is 5.32 Å². The third-order valence-electron chi connectivity index (χ3n) is 1.37. The number of amides is 2. The average molecular weight is 260 g/mol. The molecule has 0 saturated carbocycles. The van der Waals surface area contributed by atoms with E-state index < -0.39 is 6.09 Å². The number of nitrogens with one attached hydrogen (secondary N) is 1. The van der Waals surface area contributed by atoms with Crippen LogP contribution in [0.3, 0.4) is 0 Å². The molecular formula is C10H16N2O4S. The predicted molar refractivity (Wildman–Crippen MR) is 66.9 cm³/mol. The molecule has 0 saturated heterocycles. The molecular weight excluding hydrogens is 244 g/mol. The van der Waals surface area contributed by atoms with Gasteiger partial charge < -0.3 is 14.8 Å². The number of rotatable bonds is 4. The summed E-state index contributed by atoms with van der Waals surface area (Å²) >= 11 is 1.11. The first-order valence-corrected chi connectivity index (χ1v) is 5.84. The summed E-state index contributed by atoms with van der Waals surface area (Å²) in [6.45, 7) is 3.96. The molecule has 0 aromatic rings. The molecule has 7 heteroatoms. The van der Waals surface area contributed by atoms with Gasteiger partial charge in [-0.3, -0.25) is 4.79 Å². The lowest BCUT2D eigenvalue weighted by Crippen LogP contribution is -2.32. The number of ether oxygens (including phenoxy) is 2. The van der Waals surface area contributed by atoms with Crippen molar-refractivity contribution in [2.75, 3.05) is 20.3 Å². The maximum absolute atomic E-state index is 11.3. The summed E-state index contributed by atoms with van der Waals surface area (Å²) in [5.41, 5.74) is 0. The Balaban J connectivity index is 4.42. The van der Waals surface area contributed by atoms with Gasteiger partial charge in [0.25, 0.3) is 5.91 Å². The van der Waals surface area contributed by atoms with E-state index in [1.165, 1.54) is 7.11 Å². The highest BCUT2D eigenvalue weighted by atomic mass is 32.2. The lowest BCUT2D eigenvalue weighted by molar-refractivity contribution is -0.124. The molecule has 0 bridgehead atoms. The van der Waals surface area contributed by atoms with Crippen LogP contribution >= 0.6 is 11.8 Å². The number of hydrogen-bond donors (Lipinski definition) is 1. The van der Waals surface area contributed by atoms with Crippen LogP contribution in [0.25, 0.3) is 0 Å². The monoisotopic (exact) mass is 260 g/mol. The second-order valence-corrected chi connectivity index (χ2v) is 3.55. The number of carbonyl (C=O) groups excluding carboxylic acids is 2. The fourth-order valence-corrected chi connectivity index (χ4v) is 1.26. The Kier molecular flexibility index (Phi) is 9.08. The molecule has 0 aliphatic carbocycles. The third-order valence-corrected chi connectivity index (χ3v) is 2.19. The number of nitrogens with zero attached hydrogens (tertiary/aromatic N) is 1. The first-order valence-electron chi connectivity index (χ1n) is 4.96. The molecule has 0 aliphatic rings. The van der Waals surface area contributed by atoms with Crippen LogP contribution in [0.5, 0.6) is 0 Å². The molecule has 0 fully saturated rings. The molecule has 96 valence electrons. The number of methoxy groups -OCH3 is 1. The Morgan fingerprint density at radius 3 is 2.71 bits per heavy atom. The summed E-state index contributed by atoms with van der Waals surface area (Å²) in [5, 5.41) is 4.28. The molecule has 0 aromatic carbocycles. The number of aliphatic imine (C=N–C) groups is 1. The lowest BCUT2D eigenvalue weighted by Gasteiger charge is -2.05. The number of allylic oxidation sites excluding steroid dienone is 1. The van der Waals surface area contributed by atoms with Gasteiger partial charge in [-0.2, -0.15) is 4.99 Å². The Bertz CT molecular complexity index is 315. The molecule has 1 N–H and O–H groups in total. The van der Waals surface area contributed by atoms with Crippen molar-refractivity contribution in [1.29, 1.82) is 0 Å². The topological polar surface area (TPSA) is 77.0 Å². The van der Waals surface area contributed by atoms with Gasteiger partial charge in [0, 0.05) is 6.61 Å². The Hall–Kier alpha value is -1.34. The number of carbonyl (C=O) groups is 2. The summed E-state index contributed by atoms with van der Waals surface area (Å²) in [7, 11) is 1.21. The van der Waals surface area contributed by atoms with Crippen LogP contribution in [-0.4, -0.2) is 37.5 Å². The molecule has 0 atom stereocenters. The Morgan fingerprint density at radius 1 is 1.47 bits per heavy atom. The van der Waals surface area contributed by atoms with Crippen molar-refractivity contribution < 1.29 is 19.1 Å². The fraction of sp³-hybridized carbons (Fsp3) is 0.500. The predicted octanol–water partition coefficient (Wildman–Crippen LogP) is 1.53. The van der Waals surface area contributed by atoms with Gasteiger partial charge in [-0.05, 0) is 19.3 Å². The SMILES string of the molecule is CC=CSC(=NC(=O)OC)NC(=O)COCC. The number of hydrogen-bond acceptors (Lipinski definition) is 5. The van der Waals surface area contributed by atoms with E-state index >= 15 is 0 Å². The first-order chi connectivity index (χ1) is 8.13. The van der Waals surface area contributed by atoms with Gasteiger partial charge >= 0.3 is 6.09 Å². The summed E-state index contributed by atoms with van der Waals surface area (Å²) in [4.78, 5) is 25.9. The van der Waals surface area contributed by atoms with Gasteiger partial charge in [-0.1, -0.05) is 17.8 Å². The minimum absolute atomic E-state index is 0.0763. The normalized spacial score (nSPS) is 11.6. The molecule has 6 nitrogen and oxygen atoms in total. The number of thioether (sulfide) groups is 1. The molecule has 0 aliphatic heterocycles. The molecule has 17 heavy (non-hydrogen) atoms. The largest absolute Gasteiger partial charge is 0.451 e. The average Bonchev–Trinajstić information content (AvgIpc) is 2.33. The highest BCUT2D eigenvalue weighted by molar-refractivity contribution is 8.16. The third kappa shape index (κ3) is 8.47. The molecule has 0 rings (SSSR count). The summed E-state index contributed by atoms with van der Waals surface area (Å²) < 4.78 is 9.30. The van der Waals surface area contributed by atoms with Gasteiger partial charge in [0.15, 0.2) is 5.17 Å². The van der Waals surface area contributed by atoms with Crippen molar-refractivity contribution in [3.05, 3.63) is 11.5 Å². The smallest absolute Gasteiger partial charge is 0.435 e. The molecule has 2 amide bonds. The molecule has 0 spiro atoms. The van der Waals surface area contributed by atoms with Crippen molar-refractivity contribution in [2.24, 2.45) is 4.99 Å². The van der Waals surface area contributed by atoms with Gasteiger partial charge in [0.05, 0.1) is 7.11 Å². The maximum atomic E-state index is 11.3. The summed E-state index contributed by atoms with van der Waals surface area (Å²) in [5.74, 6) is -0.369. The van der Waals surface area contributed by atoms with E-state index in [0.717, 1.165) is 11.8 Å².